The van der Waals surface area contributed by atoms with Crippen molar-refractivity contribution in [1.82, 2.24) is 10.2 Å². The van der Waals surface area contributed by atoms with Crippen LogP contribution in [0, 0.1) is 0 Å². The van der Waals surface area contributed by atoms with Gasteiger partial charge in [-0.15, -0.1) is 0 Å². The van der Waals surface area contributed by atoms with Gasteiger partial charge in [0.15, 0.2) is 0 Å². The lowest BCUT2D eigenvalue weighted by Gasteiger charge is -2.44. The highest BCUT2D eigenvalue weighted by Crippen LogP contribution is 2.28. The summed E-state index contributed by atoms with van der Waals surface area (Å²) >= 11 is 0. The molecule has 2 aliphatic heterocycles. The molecule has 21 heavy (non-hydrogen) atoms. The average molecular weight is 298 g/mol. The number of hydrogen-bond donors (Lipinski definition) is 1. The van der Waals surface area contributed by atoms with E-state index in [1.54, 1.807) is 4.90 Å². The Morgan fingerprint density at radius 1 is 1.38 bits per heavy atom. The van der Waals surface area contributed by atoms with Gasteiger partial charge < -0.3 is 19.7 Å². The van der Waals surface area contributed by atoms with Crippen LogP contribution in [-0.4, -0.2) is 54.0 Å². The van der Waals surface area contributed by atoms with E-state index < -0.39 is 5.60 Å². The first kappa shape index (κ1) is 16.6. The molecular formula is C16H30N2O3. The van der Waals surface area contributed by atoms with E-state index in [1.807, 2.05) is 20.8 Å². The summed E-state index contributed by atoms with van der Waals surface area (Å²) < 4.78 is 11.2. The highest BCUT2D eigenvalue weighted by molar-refractivity contribution is 5.69. The fourth-order valence-electron chi connectivity index (χ4n) is 2.91. The highest BCUT2D eigenvalue weighted by Gasteiger charge is 2.37. The summed E-state index contributed by atoms with van der Waals surface area (Å²) in [6, 6.07) is 0.885. The van der Waals surface area contributed by atoms with Gasteiger partial charge in [0, 0.05) is 31.8 Å². The van der Waals surface area contributed by atoms with Crippen LogP contribution in [0.4, 0.5) is 4.79 Å². The van der Waals surface area contributed by atoms with Crippen molar-refractivity contribution in [2.24, 2.45) is 0 Å². The lowest BCUT2D eigenvalue weighted by molar-refractivity contribution is -0.0817. The number of carbonyl (C=O) groups is 1. The van der Waals surface area contributed by atoms with Crippen LogP contribution in [0.1, 0.15) is 53.9 Å². The molecule has 0 aromatic heterocycles. The Bertz CT molecular complexity index is 374. The Balaban J connectivity index is 1.72. The fourth-order valence-corrected chi connectivity index (χ4v) is 2.91. The molecule has 2 fully saturated rings. The van der Waals surface area contributed by atoms with Gasteiger partial charge in [0.05, 0.1) is 5.60 Å². The van der Waals surface area contributed by atoms with Crippen LogP contribution in [0.5, 0.6) is 0 Å². The normalized spacial score (nSPS) is 30.9. The number of amides is 1. The Hall–Kier alpha value is -0.810. The molecule has 0 radical (unpaired) electrons. The number of carbonyl (C=O) groups excluding carboxylic acids is 1. The van der Waals surface area contributed by atoms with Crippen molar-refractivity contribution in [1.29, 1.82) is 0 Å². The van der Waals surface area contributed by atoms with Gasteiger partial charge in [-0.3, -0.25) is 0 Å². The predicted octanol–water partition coefficient (Wildman–Crippen LogP) is 2.54. The molecule has 5 heteroatoms. The predicted molar refractivity (Wildman–Crippen MR) is 82.4 cm³/mol. The lowest BCUT2D eigenvalue weighted by Crippen LogP contribution is -2.63. The van der Waals surface area contributed by atoms with Gasteiger partial charge in [0.2, 0.25) is 0 Å². The van der Waals surface area contributed by atoms with Gasteiger partial charge >= 0.3 is 6.09 Å². The van der Waals surface area contributed by atoms with E-state index >= 15 is 0 Å². The van der Waals surface area contributed by atoms with Crippen molar-refractivity contribution in [3.8, 4) is 0 Å². The summed E-state index contributed by atoms with van der Waals surface area (Å²) in [4.78, 5) is 13.6. The van der Waals surface area contributed by atoms with Gasteiger partial charge in [0.25, 0.3) is 0 Å². The minimum Gasteiger partial charge on any atom is -0.444 e. The third-order valence-corrected chi connectivity index (χ3v) is 4.35. The molecule has 122 valence electrons. The van der Waals surface area contributed by atoms with Gasteiger partial charge in [0.1, 0.15) is 5.60 Å². The number of hydrogen-bond acceptors (Lipinski definition) is 4. The van der Waals surface area contributed by atoms with Crippen molar-refractivity contribution in [2.45, 2.75) is 77.2 Å². The van der Waals surface area contributed by atoms with E-state index in [-0.39, 0.29) is 11.7 Å². The summed E-state index contributed by atoms with van der Waals surface area (Å²) in [7, 11) is 0. The molecule has 1 N–H and O–H groups in total. The summed E-state index contributed by atoms with van der Waals surface area (Å²) in [5.74, 6) is 0. The van der Waals surface area contributed by atoms with E-state index in [0.29, 0.717) is 12.1 Å². The summed E-state index contributed by atoms with van der Waals surface area (Å²) in [6.07, 6.45) is 2.94. The van der Waals surface area contributed by atoms with Gasteiger partial charge in [-0.05, 0) is 47.0 Å². The number of nitrogens with one attached hydrogen (secondary N) is 1. The Labute approximate surface area is 128 Å². The zero-order valence-corrected chi connectivity index (χ0v) is 14.1. The van der Waals surface area contributed by atoms with Crippen molar-refractivity contribution in [2.75, 3.05) is 19.7 Å². The second-order valence-corrected chi connectivity index (χ2v) is 7.59. The van der Waals surface area contributed by atoms with Crippen LogP contribution >= 0.6 is 0 Å². The first-order valence-electron chi connectivity index (χ1n) is 8.09. The fraction of sp³-hybridized carbons (Fsp3) is 0.938. The van der Waals surface area contributed by atoms with E-state index in [9.17, 15) is 4.79 Å². The zero-order chi connectivity index (χ0) is 15.7. The first-order valence-corrected chi connectivity index (χ1v) is 8.09. The van der Waals surface area contributed by atoms with Crippen molar-refractivity contribution in [3.63, 3.8) is 0 Å². The minimum atomic E-state index is -0.417. The maximum atomic E-state index is 11.9. The van der Waals surface area contributed by atoms with Crippen LogP contribution in [0.2, 0.25) is 0 Å². The molecular weight excluding hydrogens is 268 g/mol. The molecule has 0 saturated carbocycles. The van der Waals surface area contributed by atoms with E-state index in [2.05, 4.69) is 19.2 Å². The van der Waals surface area contributed by atoms with E-state index in [0.717, 1.165) is 39.0 Å². The lowest BCUT2D eigenvalue weighted by atomic mass is 9.89. The maximum absolute atomic E-state index is 11.9. The van der Waals surface area contributed by atoms with Gasteiger partial charge in [-0.2, -0.15) is 0 Å². The average Bonchev–Trinajstić information content (AvgIpc) is 2.31. The molecule has 2 heterocycles. The molecule has 5 nitrogen and oxygen atoms in total. The second kappa shape index (κ2) is 6.13. The zero-order valence-electron chi connectivity index (χ0n) is 14.1. The minimum absolute atomic E-state index is 0.00448. The van der Waals surface area contributed by atoms with Crippen molar-refractivity contribution in [3.05, 3.63) is 0 Å². The molecule has 2 rings (SSSR count). The summed E-state index contributed by atoms with van der Waals surface area (Å²) in [5.41, 5.74) is -0.413. The molecule has 0 bridgehead atoms. The van der Waals surface area contributed by atoms with Crippen LogP contribution < -0.4 is 5.32 Å². The molecule has 0 aromatic rings. The molecule has 2 unspecified atom stereocenters. The number of likely N-dealkylation sites (tertiary alicyclic amines) is 1. The van der Waals surface area contributed by atoms with Crippen LogP contribution in [0.3, 0.4) is 0 Å². The number of rotatable bonds is 3. The van der Waals surface area contributed by atoms with Crippen molar-refractivity contribution < 1.29 is 14.3 Å². The van der Waals surface area contributed by atoms with Crippen LogP contribution in [-0.2, 0) is 9.47 Å². The molecule has 0 aliphatic carbocycles. The third-order valence-electron chi connectivity index (χ3n) is 4.35. The molecule has 0 spiro atoms. The topological polar surface area (TPSA) is 50.8 Å². The first-order chi connectivity index (χ1) is 9.71. The van der Waals surface area contributed by atoms with Gasteiger partial charge in [-0.1, -0.05) is 6.92 Å². The molecule has 2 saturated heterocycles. The largest absolute Gasteiger partial charge is 0.444 e. The van der Waals surface area contributed by atoms with Crippen LogP contribution in [0.25, 0.3) is 0 Å². The van der Waals surface area contributed by atoms with E-state index in [4.69, 9.17) is 9.47 Å². The van der Waals surface area contributed by atoms with E-state index in [1.165, 1.54) is 0 Å². The third kappa shape index (κ3) is 4.58. The molecule has 2 atom stereocenters. The summed E-state index contributed by atoms with van der Waals surface area (Å²) in [6.45, 7) is 12.4. The highest BCUT2D eigenvalue weighted by atomic mass is 16.6. The molecule has 0 aromatic carbocycles. The van der Waals surface area contributed by atoms with Crippen LogP contribution in [0.15, 0.2) is 0 Å². The smallest absolute Gasteiger partial charge is 0.410 e. The van der Waals surface area contributed by atoms with Gasteiger partial charge in [-0.25, -0.2) is 4.79 Å². The summed E-state index contributed by atoms with van der Waals surface area (Å²) in [5, 5.41) is 3.66. The standard InChI is InChI=1S/C16H30N2O3/c1-6-16(5)9-12(7-8-20-16)17-13-10-18(11-13)14(19)21-15(2,3)4/h12-13,17H,6-11H2,1-5H3. The number of nitrogens with zero attached hydrogens (tertiary/aromatic N) is 1. The number of ether oxygens (including phenoxy) is 2. The Morgan fingerprint density at radius 3 is 2.62 bits per heavy atom. The Kier molecular flexibility index (Phi) is 4.83. The molecule has 2 aliphatic rings. The second-order valence-electron chi connectivity index (χ2n) is 7.59. The molecule has 1 amide bonds. The Morgan fingerprint density at radius 2 is 2.05 bits per heavy atom. The SMILES string of the molecule is CCC1(C)CC(NC2CN(C(=O)OC(C)(C)C)C2)CCO1. The maximum Gasteiger partial charge on any atom is 0.410 e. The quantitative estimate of drug-likeness (QED) is 0.870. The monoisotopic (exact) mass is 298 g/mol. The van der Waals surface area contributed by atoms with Crippen molar-refractivity contribution >= 4 is 6.09 Å².